The van der Waals surface area contributed by atoms with Crippen molar-refractivity contribution in [3.8, 4) is 0 Å². The van der Waals surface area contributed by atoms with E-state index in [4.69, 9.17) is 11.6 Å². The summed E-state index contributed by atoms with van der Waals surface area (Å²) in [5.74, 6) is -1.41. The first-order chi connectivity index (χ1) is 13.9. The van der Waals surface area contributed by atoms with Gasteiger partial charge in [0.15, 0.2) is 0 Å². The number of carbonyl (C=O) groups is 3. The highest BCUT2D eigenvalue weighted by atomic mass is 35.5. The number of benzene rings is 2. The van der Waals surface area contributed by atoms with E-state index >= 15 is 0 Å². The molecule has 7 heteroatoms. The molecule has 1 fully saturated rings. The lowest BCUT2D eigenvalue weighted by Crippen LogP contribution is -2.54. The second-order valence-corrected chi connectivity index (χ2v) is 7.19. The fourth-order valence-electron chi connectivity index (χ4n) is 3.42. The highest BCUT2D eigenvalue weighted by molar-refractivity contribution is 6.39. The zero-order chi connectivity index (χ0) is 20.7. The van der Waals surface area contributed by atoms with Gasteiger partial charge in [-0.3, -0.25) is 14.9 Å². The maximum atomic E-state index is 13.1. The number of nitrogens with one attached hydrogen (secondary N) is 1. The van der Waals surface area contributed by atoms with E-state index in [-0.39, 0.29) is 5.57 Å². The molecule has 146 valence electrons. The normalized spacial score (nSPS) is 16.0. The molecule has 1 aromatic heterocycles. The molecule has 1 aliphatic rings. The van der Waals surface area contributed by atoms with Gasteiger partial charge in [0.2, 0.25) is 0 Å². The van der Waals surface area contributed by atoms with Crippen LogP contribution in [0.1, 0.15) is 18.1 Å². The van der Waals surface area contributed by atoms with Crippen molar-refractivity contribution < 1.29 is 14.4 Å². The van der Waals surface area contributed by atoms with Gasteiger partial charge in [-0.05, 0) is 43.7 Å². The van der Waals surface area contributed by atoms with Crippen molar-refractivity contribution in [2.45, 2.75) is 20.4 Å². The molecule has 0 unspecified atom stereocenters. The van der Waals surface area contributed by atoms with Crippen LogP contribution in [0.3, 0.4) is 0 Å². The Morgan fingerprint density at radius 1 is 1.10 bits per heavy atom. The summed E-state index contributed by atoms with van der Waals surface area (Å²) in [7, 11) is 0. The Hall–Kier alpha value is -3.38. The van der Waals surface area contributed by atoms with Crippen LogP contribution in [-0.4, -0.2) is 22.4 Å². The van der Waals surface area contributed by atoms with Crippen molar-refractivity contribution >= 4 is 52.1 Å². The number of amides is 4. The van der Waals surface area contributed by atoms with Gasteiger partial charge in [0.25, 0.3) is 11.8 Å². The van der Waals surface area contributed by atoms with Crippen LogP contribution in [0.25, 0.3) is 17.0 Å². The van der Waals surface area contributed by atoms with E-state index in [9.17, 15) is 14.4 Å². The molecule has 1 saturated heterocycles. The third kappa shape index (κ3) is 3.21. The third-order valence-corrected chi connectivity index (χ3v) is 5.38. The van der Waals surface area contributed by atoms with Crippen molar-refractivity contribution in [1.29, 1.82) is 0 Å². The minimum atomic E-state index is -0.798. The lowest BCUT2D eigenvalue weighted by molar-refractivity contribution is -0.122. The number of hydrogen-bond donors (Lipinski definition) is 1. The van der Waals surface area contributed by atoms with Gasteiger partial charge in [0, 0.05) is 34.2 Å². The number of barbiturate groups is 1. The molecule has 4 amide bonds. The van der Waals surface area contributed by atoms with Gasteiger partial charge in [-0.15, -0.1) is 0 Å². The van der Waals surface area contributed by atoms with Crippen molar-refractivity contribution in [2.24, 2.45) is 0 Å². The maximum absolute atomic E-state index is 13.1. The Bertz CT molecular complexity index is 1210. The minimum Gasteiger partial charge on any atom is -0.347 e. The molecule has 4 rings (SSSR count). The highest BCUT2D eigenvalue weighted by Crippen LogP contribution is 2.28. The molecule has 6 nitrogen and oxygen atoms in total. The number of hydrogen-bond acceptors (Lipinski definition) is 3. The number of aryl methyl sites for hydroxylation is 2. The summed E-state index contributed by atoms with van der Waals surface area (Å²) in [6.07, 6.45) is 3.42. The molecular weight excluding hydrogens is 390 g/mol. The summed E-state index contributed by atoms with van der Waals surface area (Å²) in [5, 5.41) is 3.59. The fraction of sp³-hybridized carbons (Fsp3) is 0.136. The second-order valence-electron chi connectivity index (χ2n) is 6.78. The van der Waals surface area contributed by atoms with Crippen LogP contribution in [0, 0.1) is 6.92 Å². The predicted molar refractivity (Wildman–Crippen MR) is 113 cm³/mol. The van der Waals surface area contributed by atoms with Gasteiger partial charge < -0.3 is 4.57 Å². The van der Waals surface area contributed by atoms with E-state index in [2.05, 4.69) is 5.32 Å². The summed E-state index contributed by atoms with van der Waals surface area (Å²) in [4.78, 5) is 38.8. The number of anilines is 1. The van der Waals surface area contributed by atoms with Crippen LogP contribution < -0.4 is 10.2 Å². The number of carbonyl (C=O) groups excluding carboxylic acids is 3. The molecule has 2 heterocycles. The number of aromatic nitrogens is 1. The summed E-state index contributed by atoms with van der Waals surface area (Å²) in [6, 6.07) is 11.8. The highest BCUT2D eigenvalue weighted by Gasteiger charge is 2.37. The predicted octanol–water partition coefficient (Wildman–Crippen LogP) is 4.29. The van der Waals surface area contributed by atoms with Gasteiger partial charge in [0.05, 0.1) is 5.69 Å². The number of rotatable bonds is 3. The molecule has 2 aromatic carbocycles. The number of para-hydroxylation sites is 1. The molecule has 1 aliphatic heterocycles. The second kappa shape index (κ2) is 7.22. The standard InChI is InChI=1S/C22H18ClN3O3/c1-3-25-12-14(16-6-4-5-7-19(16)25)10-17-20(27)24-22(29)26(21(17)28)15-9-8-13(2)18(23)11-15/h4-12H,3H2,1-2H3,(H,24,27,29)/b17-10-. The molecule has 0 saturated carbocycles. The first kappa shape index (κ1) is 19.0. The van der Waals surface area contributed by atoms with Gasteiger partial charge >= 0.3 is 6.03 Å². The van der Waals surface area contributed by atoms with Gasteiger partial charge in [-0.2, -0.15) is 0 Å². The number of nitrogens with zero attached hydrogens (tertiary/aromatic N) is 2. The molecular formula is C22H18ClN3O3. The lowest BCUT2D eigenvalue weighted by Gasteiger charge is -2.26. The summed E-state index contributed by atoms with van der Waals surface area (Å²) in [6.45, 7) is 4.59. The first-order valence-electron chi connectivity index (χ1n) is 9.16. The average Bonchev–Trinajstić information content (AvgIpc) is 3.05. The van der Waals surface area contributed by atoms with Crippen LogP contribution in [0.4, 0.5) is 10.5 Å². The monoisotopic (exact) mass is 407 g/mol. The molecule has 0 atom stereocenters. The van der Waals surface area contributed by atoms with Gasteiger partial charge in [-0.1, -0.05) is 35.9 Å². The molecule has 3 aromatic rings. The van der Waals surface area contributed by atoms with Crippen molar-refractivity contribution in [1.82, 2.24) is 9.88 Å². The number of fused-ring (bicyclic) bond motifs is 1. The van der Waals surface area contributed by atoms with Crippen LogP contribution >= 0.6 is 11.6 Å². The van der Waals surface area contributed by atoms with Crippen molar-refractivity contribution in [3.63, 3.8) is 0 Å². The van der Waals surface area contributed by atoms with Crippen LogP contribution in [0.2, 0.25) is 5.02 Å². The van der Waals surface area contributed by atoms with Gasteiger partial charge in [0.1, 0.15) is 5.57 Å². The SMILES string of the molecule is CCn1cc(/C=C2/C(=O)NC(=O)N(c3ccc(C)c(Cl)c3)C2=O)c2ccccc21. The summed E-state index contributed by atoms with van der Waals surface area (Å²) >= 11 is 6.15. The zero-order valence-electron chi connectivity index (χ0n) is 15.9. The van der Waals surface area contributed by atoms with Gasteiger partial charge in [-0.25, -0.2) is 9.69 Å². The van der Waals surface area contributed by atoms with E-state index in [0.717, 1.165) is 33.5 Å². The van der Waals surface area contributed by atoms with Crippen molar-refractivity contribution in [3.05, 3.63) is 70.4 Å². The number of halogens is 1. The molecule has 0 spiro atoms. The van der Waals surface area contributed by atoms with E-state index in [1.807, 2.05) is 48.9 Å². The Labute approximate surface area is 172 Å². The van der Waals surface area contributed by atoms with Crippen LogP contribution in [0.5, 0.6) is 0 Å². The minimum absolute atomic E-state index is 0.111. The van der Waals surface area contributed by atoms with E-state index < -0.39 is 17.8 Å². The van der Waals surface area contributed by atoms with E-state index in [1.54, 1.807) is 12.1 Å². The van der Waals surface area contributed by atoms with Crippen molar-refractivity contribution in [2.75, 3.05) is 4.90 Å². The largest absolute Gasteiger partial charge is 0.347 e. The number of urea groups is 1. The topological polar surface area (TPSA) is 71.4 Å². The summed E-state index contributed by atoms with van der Waals surface area (Å²) < 4.78 is 2.04. The lowest BCUT2D eigenvalue weighted by atomic mass is 10.1. The van der Waals surface area contributed by atoms with E-state index in [1.165, 1.54) is 12.1 Å². The molecule has 29 heavy (non-hydrogen) atoms. The molecule has 1 N–H and O–H groups in total. The Morgan fingerprint density at radius 2 is 1.86 bits per heavy atom. The molecule has 0 aliphatic carbocycles. The van der Waals surface area contributed by atoms with Crippen LogP contribution in [0.15, 0.2) is 54.2 Å². The summed E-state index contributed by atoms with van der Waals surface area (Å²) in [5.41, 5.74) is 2.75. The first-order valence-corrected chi connectivity index (χ1v) is 9.54. The molecule has 0 radical (unpaired) electrons. The maximum Gasteiger partial charge on any atom is 0.335 e. The Kier molecular flexibility index (Phi) is 4.72. The van der Waals surface area contributed by atoms with Crippen LogP contribution in [-0.2, 0) is 16.1 Å². The Morgan fingerprint density at radius 3 is 2.59 bits per heavy atom. The molecule has 0 bridgehead atoms. The fourth-order valence-corrected chi connectivity index (χ4v) is 3.59. The third-order valence-electron chi connectivity index (χ3n) is 4.98. The van der Waals surface area contributed by atoms with E-state index in [0.29, 0.717) is 10.7 Å². The number of imide groups is 2. The average molecular weight is 408 g/mol. The zero-order valence-corrected chi connectivity index (χ0v) is 16.7. The Balaban J connectivity index is 1.81. The smallest absolute Gasteiger partial charge is 0.335 e. The quantitative estimate of drug-likeness (QED) is 0.520.